The number of rotatable bonds is 9. The maximum atomic E-state index is 5.43. The van der Waals surface area contributed by atoms with Gasteiger partial charge in [0.15, 0.2) is 11.6 Å². The van der Waals surface area contributed by atoms with Gasteiger partial charge in [-0.2, -0.15) is 0 Å². The van der Waals surface area contributed by atoms with Crippen LogP contribution in [0.1, 0.15) is 50.0 Å². The number of aromatic nitrogens is 4. The maximum Gasteiger partial charge on any atom is 0.191 e. The molecule has 3 heterocycles. The molecule has 0 fully saturated rings. The van der Waals surface area contributed by atoms with Crippen molar-refractivity contribution in [1.82, 2.24) is 30.4 Å². The van der Waals surface area contributed by atoms with Crippen LogP contribution in [-0.4, -0.2) is 38.8 Å². The molecule has 2 N–H and O–H groups in total. The van der Waals surface area contributed by atoms with Crippen LogP contribution in [-0.2, 0) is 25.8 Å². The van der Waals surface area contributed by atoms with Gasteiger partial charge in [-0.15, -0.1) is 10.2 Å². The van der Waals surface area contributed by atoms with Gasteiger partial charge >= 0.3 is 0 Å². The van der Waals surface area contributed by atoms with Crippen molar-refractivity contribution in [3.8, 4) is 0 Å². The van der Waals surface area contributed by atoms with Gasteiger partial charge in [0.1, 0.15) is 11.6 Å². The van der Waals surface area contributed by atoms with Crippen molar-refractivity contribution in [3.63, 3.8) is 0 Å². The standard InChI is InChI=1S/C20H29N7O/c1-4-16-15(17(5-2)28-26-16)14-23-20(21-6-3)22-12-9-11-19-25-24-18-10-7-8-13-27(18)19/h7-8,10,13H,4-6,9,11-12,14H2,1-3H3,(H2,21,22,23). The van der Waals surface area contributed by atoms with Crippen LogP contribution in [0.5, 0.6) is 0 Å². The van der Waals surface area contributed by atoms with E-state index < -0.39 is 0 Å². The van der Waals surface area contributed by atoms with E-state index in [2.05, 4.69) is 46.8 Å². The fourth-order valence-corrected chi connectivity index (χ4v) is 3.13. The Bertz CT molecular complexity index is 891. The van der Waals surface area contributed by atoms with Crippen LogP contribution in [0.2, 0.25) is 0 Å². The Hall–Kier alpha value is -2.90. The van der Waals surface area contributed by atoms with Gasteiger partial charge in [0.25, 0.3) is 0 Å². The molecule has 0 saturated carbocycles. The van der Waals surface area contributed by atoms with Crippen LogP contribution in [0, 0.1) is 0 Å². The van der Waals surface area contributed by atoms with Crippen LogP contribution >= 0.6 is 0 Å². The SMILES string of the molecule is CCNC(=NCc1c(CC)noc1CC)NCCCc1nnc2ccccn12. The Balaban J connectivity index is 1.56. The van der Waals surface area contributed by atoms with Gasteiger partial charge in [-0.3, -0.25) is 4.40 Å². The molecule has 0 aliphatic rings. The lowest BCUT2D eigenvalue weighted by atomic mass is 10.1. The second-order valence-corrected chi connectivity index (χ2v) is 6.51. The molecule has 3 aromatic heterocycles. The van der Waals surface area contributed by atoms with E-state index in [0.29, 0.717) is 6.54 Å². The molecule has 0 amide bonds. The smallest absolute Gasteiger partial charge is 0.191 e. The first kappa shape index (κ1) is 19.9. The van der Waals surface area contributed by atoms with Crippen molar-refractivity contribution in [2.75, 3.05) is 13.1 Å². The molecule has 3 aromatic rings. The van der Waals surface area contributed by atoms with Crippen molar-refractivity contribution in [2.24, 2.45) is 4.99 Å². The number of hydrogen-bond acceptors (Lipinski definition) is 5. The molecule has 0 radical (unpaired) electrons. The molecule has 8 nitrogen and oxygen atoms in total. The zero-order valence-electron chi connectivity index (χ0n) is 16.9. The highest BCUT2D eigenvalue weighted by Crippen LogP contribution is 2.16. The minimum Gasteiger partial charge on any atom is -0.361 e. The highest BCUT2D eigenvalue weighted by atomic mass is 16.5. The molecule has 0 aliphatic carbocycles. The van der Waals surface area contributed by atoms with E-state index in [1.807, 2.05) is 28.8 Å². The van der Waals surface area contributed by atoms with Crippen molar-refractivity contribution < 1.29 is 4.52 Å². The molecule has 3 rings (SSSR count). The highest BCUT2D eigenvalue weighted by molar-refractivity contribution is 5.79. The minimum absolute atomic E-state index is 0.569. The van der Waals surface area contributed by atoms with Gasteiger partial charge in [-0.1, -0.05) is 25.1 Å². The number of fused-ring (bicyclic) bond motifs is 1. The molecule has 0 aromatic carbocycles. The lowest BCUT2D eigenvalue weighted by Gasteiger charge is -2.11. The Morgan fingerprint density at radius 3 is 2.82 bits per heavy atom. The molecular weight excluding hydrogens is 354 g/mol. The summed E-state index contributed by atoms with van der Waals surface area (Å²) in [4.78, 5) is 4.72. The summed E-state index contributed by atoms with van der Waals surface area (Å²) in [6, 6.07) is 5.93. The molecule has 0 atom stereocenters. The van der Waals surface area contributed by atoms with Crippen molar-refractivity contribution in [3.05, 3.63) is 47.2 Å². The third-order valence-corrected chi connectivity index (χ3v) is 4.60. The fraction of sp³-hybridized carbons (Fsp3) is 0.500. The van der Waals surface area contributed by atoms with Crippen molar-refractivity contribution in [2.45, 2.75) is 53.0 Å². The van der Waals surface area contributed by atoms with Crippen molar-refractivity contribution >= 4 is 11.6 Å². The summed E-state index contributed by atoms with van der Waals surface area (Å²) in [7, 11) is 0. The Labute approximate surface area is 165 Å². The highest BCUT2D eigenvalue weighted by Gasteiger charge is 2.13. The fourth-order valence-electron chi connectivity index (χ4n) is 3.13. The van der Waals surface area contributed by atoms with Crippen LogP contribution in [0.4, 0.5) is 0 Å². The number of aryl methyl sites for hydroxylation is 3. The molecule has 0 bridgehead atoms. The largest absolute Gasteiger partial charge is 0.361 e. The zero-order chi connectivity index (χ0) is 19.8. The topological polar surface area (TPSA) is 92.6 Å². The number of nitrogens with zero attached hydrogens (tertiary/aromatic N) is 5. The van der Waals surface area contributed by atoms with E-state index >= 15 is 0 Å². The lowest BCUT2D eigenvalue weighted by Crippen LogP contribution is -2.38. The van der Waals surface area contributed by atoms with E-state index in [0.717, 1.165) is 73.2 Å². The monoisotopic (exact) mass is 383 g/mol. The normalized spacial score (nSPS) is 11.9. The third-order valence-electron chi connectivity index (χ3n) is 4.60. The predicted molar refractivity (Wildman–Crippen MR) is 109 cm³/mol. The predicted octanol–water partition coefficient (Wildman–Crippen LogP) is 2.53. The van der Waals surface area contributed by atoms with E-state index in [9.17, 15) is 0 Å². The molecule has 0 unspecified atom stereocenters. The van der Waals surface area contributed by atoms with E-state index in [4.69, 9.17) is 9.52 Å². The van der Waals surface area contributed by atoms with Gasteiger partial charge < -0.3 is 15.2 Å². The summed E-state index contributed by atoms with van der Waals surface area (Å²) < 4.78 is 7.46. The van der Waals surface area contributed by atoms with E-state index in [1.165, 1.54) is 0 Å². The molecule has 150 valence electrons. The summed E-state index contributed by atoms with van der Waals surface area (Å²) in [6.45, 7) is 8.41. The van der Waals surface area contributed by atoms with Gasteiger partial charge in [0.05, 0.1) is 12.2 Å². The maximum absolute atomic E-state index is 5.43. The first-order chi connectivity index (χ1) is 13.8. The van der Waals surface area contributed by atoms with Crippen LogP contribution in [0.15, 0.2) is 33.9 Å². The van der Waals surface area contributed by atoms with Crippen LogP contribution < -0.4 is 10.6 Å². The van der Waals surface area contributed by atoms with E-state index in [-0.39, 0.29) is 0 Å². The Kier molecular flexibility index (Phi) is 7.00. The summed E-state index contributed by atoms with van der Waals surface area (Å²) in [5, 5.41) is 19.3. The van der Waals surface area contributed by atoms with Gasteiger partial charge in [0.2, 0.25) is 0 Å². The van der Waals surface area contributed by atoms with Gasteiger partial charge in [-0.05, 0) is 31.9 Å². The Morgan fingerprint density at radius 1 is 1.14 bits per heavy atom. The first-order valence-electron chi connectivity index (χ1n) is 10.0. The second kappa shape index (κ2) is 9.87. The second-order valence-electron chi connectivity index (χ2n) is 6.51. The minimum atomic E-state index is 0.569. The molecule has 8 heteroatoms. The molecular formula is C20H29N7O. The lowest BCUT2D eigenvalue weighted by molar-refractivity contribution is 0.380. The molecule has 0 saturated heterocycles. The average Bonchev–Trinajstić information content (AvgIpc) is 3.32. The van der Waals surface area contributed by atoms with Crippen molar-refractivity contribution in [1.29, 1.82) is 0 Å². The number of nitrogens with one attached hydrogen (secondary N) is 2. The number of hydrogen-bond donors (Lipinski definition) is 2. The summed E-state index contributed by atoms with van der Waals surface area (Å²) >= 11 is 0. The summed E-state index contributed by atoms with van der Waals surface area (Å²) in [5.74, 6) is 2.71. The molecule has 28 heavy (non-hydrogen) atoms. The van der Waals surface area contributed by atoms with Gasteiger partial charge in [-0.25, -0.2) is 4.99 Å². The van der Waals surface area contributed by atoms with E-state index in [1.54, 1.807) is 0 Å². The third kappa shape index (κ3) is 4.68. The Morgan fingerprint density at radius 2 is 2.04 bits per heavy atom. The quantitative estimate of drug-likeness (QED) is 0.335. The molecule has 0 spiro atoms. The zero-order valence-corrected chi connectivity index (χ0v) is 16.9. The molecule has 0 aliphatic heterocycles. The van der Waals surface area contributed by atoms with Crippen LogP contribution in [0.25, 0.3) is 5.65 Å². The number of guanidine groups is 1. The average molecular weight is 384 g/mol. The summed E-state index contributed by atoms with van der Waals surface area (Å²) in [5.41, 5.74) is 2.99. The first-order valence-corrected chi connectivity index (χ1v) is 10.0. The number of pyridine rings is 1. The number of aliphatic imine (C=N–C) groups is 1. The summed E-state index contributed by atoms with van der Waals surface area (Å²) in [6.07, 6.45) is 5.47. The van der Waals surface area contributed by atoms with Gasteiger partial charge in [0, 0.05) is 37.7 Å². The van der Waals surface area contributed by atoms with Crippen LogP contribution in [0.3, 0.4) is 0 Å².